The van der Waals surface area contributed by atoms with Crippen LogP contribution in [0.5, 0.6) is 11.5 Å². The van der Waals surface area contributed by atoms with Crippen molar-refractivity contribution in [3.63, 3.8) is 0 Å². The first-order valence-electron chi connectivity index (χ1n) is 14.4. The molecule has 2 N–H and O–H groups in total. The summed E-state index contributed by atoms with van der Waals surface area (Å²) >= 11 is 0. The highest BCUT2D eigenvalue weighted by atomic mass is 16.5. The largest absolute Gasteiger partial charge is 0.481 e. The summed E-state index contributed by atoms with van der Waals surface area (Å²) in [4.78, 5) is 51.1. The van der Waals surface area contributed by atoms with E-state index < -0.39 is 47.5 Å². The zero-order valence-electron chi connectivity index (χ0n) is 23.7. The van der Waals surface area contributed by atoms with Crippen molar-refractivity contribution in [3.8, 4) is 11.5 Å². The van der Waals surface area contributed by atoms with Crippen molar-refractivity contribution in [2.45, 2.75) is 52.4 Å². The Balaban J connectivity index is 1.70. The summed E-state index contributed by atoms with van der Waals surface area (Å²) in [5.41, 5.74) is 1.72. The molecular formula is C34H34O8. The van der Waals surface area contributed by atoms with Crippen molar-refractivity contribution in [3.05, 3.63) is 71.8 Å². The fourth-order valence-corrected chi connectivity index (χ4v) is 6.23. The van der Waals surface area contributed by atoms with Crippen molar-refractivity contribution < 1.29 is 38.9 Å². The van der Waals surface area contributed by atoms with Crippen LogP contribution in [0.15, 0.2) is 60.7 Å². The fraction of sp³-hybridized carbons (Fsp3) is 0.353. The van der Waals surface area contributed by atoms with Gasteiger partial charge in [-0.05, 0) is 49.7 Å². The Labute approximate surface area is 243 Å². The van der Waals surface area contributed by atoms with Gasteiger partial charge in [0, 0.05) is 21.5 Å². The number of rotatable bonds is 8. The molecule has 8 heteroatoms. The second-order valence-corrected chi connectivity index (χ2v) is 10.9. The van der Waals surface area contributed by atoms with Gasteiger partial charge in [0.25, 0.3) is 0 Å². The highest BCUT2D eigenvalue weighted by Gasteiger charge is 2.38. The van der Waals surface area contributed by atoms with Crippen molar-refractivity contribution in [2.24, 2.45) is 23.7 Å². The first kappa shape index (κ1) is 29.0. The van der Waals surface area contributed by atoms with Crippen LogP contribution < -0.4 is 9.47 Å². The normalized spacial score (nSPS) is 21.8. The van der Waals surface area contributed by atoms with E-state index in [1.54, 1.807) is 24.3 Å². The minimum absolute atomic E-state index is 0.249. The van der Waals surface area contributed by atoms with Gasteiger partial charge in [0.15, 0.2) is 0 Å². The Kier molecular flexibility index (Phi) is 8.43. The van der Waals surface area contributed by atoms with E-state index in [0.29, 0.717) is 45.9 Å². The number of hydrogen-bond donors (Lipinski definition) is 2. The number of carboxylic acids is 2. The van der Waals surface area contributed by atoms with E-state index in [2.05, 4.69) is 0 Å². The van der Waals surface area contributed by atoms with Crippen LogP contribution in [0.1, 0.15) is 50.7 Å². The lowest BCUT2D eigenvalue weighted by Crippen LogP contribution is -2.34. The number of allylic oxidation sites excluding steroid dienone is 4. The molecule has 4 unspecified atom stereocenters. The lowest BCUT2D eigenvalue weighted by molar-refractivity contribution is -0.152. The van der Waals surface area contributed by atoms with Gasteiger partial charge in [0.2, 0.25) is 0 Å². The van der Waals surface area contributed by atoms with E-state index in [9.17, 15) is 29.4 Å². The van der Waals surface area contributed by atoms with Crippen LogP contribution >= 0.6 is 0 Å². The first-order chi connectivity index (χ1) is 20.3. The monoisotopic (exact) mass is 570 g/mol. The molecule has 0 bridgehead atoms. The molecule has 0 spiro atoms. The van der Waals surface area contributed by atoms with Crippen LogP contribution in [0.4, 0.5) is 0 Å². The van der Waals surface area contributed by atoms with E-state index in [1.165, 1.54) is 0 Å². The van der Waals surface area contributed by atoms with Crippen LogP contribution in [0, 0.1) is 23.7 Å². The van der Waals surface area contributed by atoms with E-state index >= 15 is 0 Å². The highest BCUT2D eigenvalue weighted by Crippen LogP contribution is 2.47. The molecular weight excluding hydrogens is 536 g/mol. The van der Waals surface area contributed by atoms with Crippen LogP contribution in [0.3, 0.4) is 0 Å². The van der Waals surface area contributed by atoms with Gasteiger partial charge in [-0.2, -0.15) is 0 Å². The van der Waals surface area contributed by atoms with Crippen LogP contribution in [-0.4, -0.2) is 34.1 Å². The smallest absolute Gasteiger partial charge is 0.315 e. The van der Waals surface area contributed by atoms with Gasteiger partial charge in [0.1, 0.15) is 11.5 Å². The van der Waals surface area contributed by atoms with Crippen molar-refractivity contribution in [2.75, 3.05) is 0 Å². The van der Waals surface area contributed by atoms with E-state index in [0.717, 1.165) is 11.1 Å². The summed E-state index contributed by atoms with van der Waals surface area (Å²) in [6, 6.07) is 11.1. The molecule has 0 saturated carbocycles. The number of benzene rings is 3. The number of carbonyl (C=O) groups excluding carboxylic acids is 2. The van der Waals surface area contributed by atoms with Gasteiger partial charge < -0.3 is 19.7 Å². The molecule has 8 nitrogen and oxygen atoms in total. The zero-order chi connectivity index (χ0) is 30.0. The third-order valence-electron chi connectivity index (χ3n) is 8.52. The Morgan fingerprint density at radius 1 is 0.619 bits per heavy atom. The maximum absolute atomic E-state index is 13.6. The first-order valence-corrected chi connectivity index (χ1v) is 14.4. The third kappa shape index (κ3) is 5.29. The van der Waals surface area contributed by atoms with Crippen molar-refractivity contribution in [1.29, 1.82) is 0 Å². The molecule has 0 aliphatic heterocycles. The minimum Gasteiger partial charge on any atom is -0.481 e. The molecule has 2 aliphatic carbocycles. The van der Waals surface area contributed by atoms with E-state index in [-0.39, 0.29) is 25.7 Å². The number of ether oxygens (including phenoxy) is 2. The van der Waals surface area contributed by atoms with Gasteiger partial charge >= 0.3 is 23.9 Å². The number of aliphatic carboxylic acids is 2. The van der Waals surface area contributed by atoms with Crippen molar-refractivity contribution >= 4 is 45.4 Å². The third-order valence-corrected chi connectivity index (χ3v) is 8.52. The molecule has 0 heterocycles. The van der Waals surface area contributed by atoms with Crippen LogP contribution in [0.25, 0.3) is 21.5 Å². The molecule has 3 aromatic carbocycles. The van der Waals surface area contributed by atoms with Gasteiger partial charge in [-0.3, -0.25) is 19.2 Å². The van der Waals surface area contributed by atoms with E-state index in [4.69, 9.17) is 9.47 Å². The van der Waals surface area contributed by atoms with E-state index in [1.807, 2.05) is 50.3 Å². The Morgan fingerprint density at radius 3 is 1.31 bits per heavy atom. The standard InChI is InChI=1S/C34H34O8/c1-3-19-11-9-17-25-27(19)29(41-33(39)23-15-7-5-13-21(23)31(35)36)26-18-10-12-20(4-2)28(26)30(25)42-34(40)24-16-8-6-14-22(24)32(37)38/h5-12,17-18,21-24H,3-4,13-16H2,1-2H3,(H,35,36)(H,37,38). The molecule has 4 atom stereocenters. The van der Waals surface area contributed by atoms with Crippen LogP contribution in [-0.2, 0) is 32.0 Å². The Hall–Kier alpha value is -4.46. The number of hydrogen-bond acceptors (Lipinski definition) is 6. The quantitative estimate of drug-likeness (QED) is 0.141. The summed E-state index contributed by atoms with van der Waals surface area (Å²) < 4.78 is 12.3. The molecule has 0 radical (unpaired) electrons. The second-order valence-electron chi connectivity index (χ2n) is 10.9. The molecule has 2 aliphatic rings. The van der Waals surface area contributed by atoms with Crippen LogP contribution in [0.2, 0.25) is 0 Å². The lowest BCUT2D eigenvalue weighted by atomic mass is 9.83. The maximum Gasteiger partial charge on any atom is 0.315 e. The van der Waals surface area contributed by atoms with Crippen molar-refractivity contribution in [1.82, 2.24) is 0 Å². The number of esters is 2. The summed E-state index contributed by atoms with van der Waals surface area (Å²) in [5, 5.41) is 21.9. The molecule has 0 aromatic heterocycles. The average Bonchev–Trinajstić information content (AvgIpc) is 3.01. The fourth-order valence-electron chi connectivity index (χ4n) is 6.23. The summed E-state index contributed by atoms with van der Waals surface area (Å²) in [7, 11) is 0. The molecule has 218 valence electrons. The summed E-state index contributed by atoms with van der Waals surface area (Å²) in [6.45, 7) is 3.94. The molecule has 42 heavy (non-hydrogen) atoms. The second kappa shape index (κ2) is 12.2. The SMILES string of the molecule is CCc1cccc2c(OC(=O)C3CC=CCC3C(=O)O)c3c(CC)cccc3c(OC(=O)C3CC=CCC3C(=O)O)c12. The predicted molar refractivity (Wildman–Crippen MR) is 157 cm³/mol. The zero-order valence-corrected chi connectivity index (χ0v) is 23.7. The maximum atomic E-state index is 13.6. The van der Waals surface area contributed by atoms with Gasteiger partial charge in [-0.15, -0.1) is 0 Å². The minimum atomic E-state index is -1.04. The number of carbonyl (C=O) groups is 4. The number of aryl methyl sites for hydroxylation is 2. The molecule has 0 amide bonds. The van der Waals surface area contributed by atoms with Gasteiger partial charge in [-0.1, -0.05) is 74.5 Å². The summed E-state index contributed by atoms with van der Waals surface area (Å²) in [6.07, 6.45) is 9.37. The topological polar surface area (TPSA) is 127 Å². The average molecular weight is 571 g/mol. The molecule has 0 saturated heterocycles. The lowest BCUT2D eigenvalue weighted by Gasteiger charge is -2.26. The Morgan fingerprint density at radius 2 is 0.976 bits per heavy atom. The van der Waals surface area contributed by atoms with Gasteiger partial charge in [0.05, 0.1) is 23.7 Å². The molecule has 3 aromatic rings. The highest BCUT2D eigenvalue weighted by molar-refractivity contribution is 6.15. The number of carboxylic acid groups (broad SMARTS) is 2. The number of fused-ring (bicyclic) bond motifs is 2. The molecule has 5 rings (SSSR count). The summed E-state index contributed by atoms with van der Waals surface area (Å²) in [5.74, 6) is -6.17. The predicted octanol–water partition coefficient (Wildman–Crippen LogP) is 6.26. The van der Waals surface area contributed by atoms with Gasteiger partial charge in [-0.25, -0.2) is 0 Å². The molecule has 0 fully saturated rings. The Bertz CT molecular complexity index is 1510.